The number of aromatic nitrogens is 2. The van der Waals surface area contributed by atoms with Crippen LogP contribution in [0.1, 0.15) is 26.2 Å². The van der Waals surface area contributed by atoms with Crippen LogP contribution >= 0.6 is 0 Å². The first-order valence-corrected chi connectivity index (χ1v) is 6.41. The highest BCUT2D eigenvalue weighted by Gasteiger charge is 2.30. The summed E-state index contributed by atoms with van der Waals surface area (Å²) in [5.41, 5.74) is 0.632. The number of amides is 2. The number of carboxylic acids is 1. The van der Waals surface area contributed by atoms with Gasteiger partial charge >= 0.3 is 12.0 Å². The molecule has 1 aromatic rings. The number of urea groups is 1. The van der Waals surface area contributed by atoms with E-state index in [9.17, 15) is 9.59 Å². The second-order valence-electron chi connectivity index (χ2n) is 4.73. The van der Waals surface area contributed by atoms with Crippen LogP contribution in [0.4, 0.5) is 10.5 Å². The summed E-state index contributed by atoms with van der Waals surface area (Å²) >= 11 is 0. The Morgan fingerprint density at radius 1 is 1.53 bits per heavy atom. The molecule has 0 spiro atoms. The van der Waals surface area contributed by atoms with E-state index in [1.54, 1.807) is 17.1 Å². The summed E-state index contributed by atoms with van der Waals surface area (Å²) in [5, 5.41) is 18.4. The predicted octanol–water partition coefficient (Wildman–Crippen LogP) is 1.28. The minimum atomic E-state index is -0.783. The van der Waals surface area contributed by atoms with Crippen molar-refractivity contribution in [2.24, 2.45) is 5.92 Å². The van der Waals surface area contributed by atoms with E-state index < -0.39 is 5.97 Å². The summed E-state index contributed by atoms with van der Waals surface area (Å²) < 4.78 is 1.71. The summed E-state index contributed by atoms with van der Waals surface area (Å²) in [7, 11) is 0. The van der Waals surface area contributed by atoms with E-state index in [4.69, 9.17) is 5.11 Å². The topological polar surface area (TPSA) is 96.2 Å². The van der Waals surface area contributed by atoms with Crippen molar-refractivity contribution in [1.82, 2.24) is 15.1 Å². The summed E-state index contributed by atoms with van der Waals surface area (Å²) in [6, 6.07) is -0.381. The van der Waals surface area contributed by atoms with Crippen LogP contribution in [0.2, 0.25) is 0 Å². The van der Waals surface area contributed by atoms with Crippen LogP contribution in [-0.4, -0.2) is 32.9 Å². The van der Waals surface area contributed by atoms with Crippen LogP contribution in [-0.2, 0) is 11.3 Å². The SMILES string of the molecule is CCn1cc(NC(=O)N[C@H]2CC[C@@H](C(=O)O)C2)cn1. The Labute approximate surface area is 111 Å². The van der Waals surface area contributed by atoms with Gasteiger partial charge < -0.3 is 15.7 Å². The highest BCUT2D eigenvalue weighted by atomic mass is 16.4. The van der Waals surface area contributed by atoms with Gasteiger partial charge in [-0.25, -0.2) is 4.79 Å². The van der Waals surface area contributed by atoms with Gasteiger partial charge in [-0.05, 0) is 26.2 Å². The van der Waals surface area contributed by atoms with Crippen LogP contribution in [0, 0.1) is 5.92 Å². The van der Waals surface area contributed by atoms with Gasteiger partial charge in [0.2, 0.25) is 0 Å². The van der Waals surface area contributed by atoms with E-state index in [1.165, 1.54) is 0 Å². The number of aryl methyl sites for hydroxylation is 1. The first kappa shape index (κ1) is 13.4. The number of aliphatic carboxylic acids is 1. The third-order valence-electron chi connectivity index (χ3n) is 3.33. The molecule has 7 heteroatoms. The highest BCUT2D eigenvalue weighted by Crippen LogP contribution is 2.25. The van der Waals surface area contributed by atoms with Crippen molar-refractivity contribution in [1.29, 1.82) is 0 Å². The number of carboxylic acid groups (broad SMARTS) is 1. The zero-order chi connectivity index (χ0) is 13.8. The molecule has 2 rings (SSSR count). The third-order valence-corrected chi connectivity index (χ3v) is 3.33. The molecule has 0 saturated heterocycles. The number of hydrogen-bond donors (Lipinski definition) is 3. The van der Waals surface area contributed by atoms with Crippen molar-refractivity contribution >= 4 is 17.7 Å². The van der Waals surface area contributed by atoms with E-state index in [1.807, 2.05) is 6.92 Å². The summed E-state index contributed by atoms with van der Waals surface area (Å²) in [4.78, 5) is 22.6. The minimum Gasteiger partial charge on any atom is -0.481 e. The summed E-state index contributed by atoms with van der Waals surface area (Å²) in [5.74, 6) is -1.12. The molecule has 104 valence electrons. The molecule has 1 heterocycles. The van der Waals surface area contributed by atoms with Crippen LogP contribution in [0.15, 0.2) is 12.4 Å². The van der Waals surface area contributed by atoms with Crippen molar-refractivity contribution in [3.63, 3.8) is 0 Å². The Morgan fingerprint density at radius 3 is 2.89 bits per heavy atom. The first-order chi connectivity index (χ1) is 9.08. The first-order valence-electron chi connectivity index (χ1n) is 6.41. The predicted molar refractivity (Wildman–Crippen MR) is 68.8 cm³/mol. The molecule has 1 aliphatic carbocycles. The zero-order valence-electron chi connectivity index (χ0n) is 10.8. The van der Waals surface area contributed by atoms with Crippen molar-refractivity contribution in [3.8, 4) is 0 Å². The molecule has 2 amide bonds. The lowest BCUT2D eigenvalue weighted by atomic mass is 10.1. The van der Waals surface area contributed by atoms with Crippen LogP contribution in [0.5, 0.6) is 0 Å². The molecule has 1 aromatic heterocycles. The zero-order valence-corrected chi connectivity index (χ0v) is 10.8. The van der Waals surface area contributed by atoms with Gasteiger partial charge in [-0.1, -0.05) is 0 Å². The molecule has 0 aromatic carbocycles. The van der Waals surface area contributed by atoms with E-state index in [0.29, 0.717) is 24.9 Å². The molecule has 1 fully saturated rings. The standard InChI is InChI=1S/C12H18N4O3/c1-2-16-7-10(6-13-16)15-12(19)14-9-4-3-8(5-9)11(17)18/h6-9H,2-5H2,1H3,(H,17,18)(H2,14,15,19)/t8-,9+/m1/s1. The van der Waals surface area contributed by atoms with E-state index >= 15 is 0 Å². The van der Waals surface area contributed by atoms with E-state index in [0.717, 1.165) is 6.54 Å². The number of hydrogen-bond acceptors (Lipinski definition) is 3. The number of carbonyl (C=O) groups is 2. The lowest BCUT2D eigenvalue weighted by Gasteiger charge is -2.12. The smallest absolute Gasteiger partial charge is 0.319 e. The molecule has 0 radical (unpaired) electrons. The van der Waals surface area contributed by atoms with Gasteiger partial charge in [0.05, 0.1) is 17.8 Å². The molecule has 2 atom stereocenters. The average molecular weight is 266 g/mol. The van der Waals surface area contributed by atoms with Gasteiger partial charge in [-0.3, -0.25) is 9.48 Å². The van der Waals surface area contributed by atoms with Gasteiger partial charge in [-0.15, -0.1) is 0 Å². The fourth-order valence-corrected chi connectivity index (χ4v) is 2.29. The lowest BCUT2D eigenvalue weighted by Crippen LogP contribution is -2.36. The third kappa shape index (κ3) is 3.46. The molecule has 1 saturated carbocycles. The maximum absolute atomic E-state index is 11.7. The highest BCUT2D eigenvalue weighted by molar-refractivity contribution is 5.89. The molecule has 0 aliphatic heterocycles. The quantitative estimate of drug-likeness (QED) is 0.764. The van der Waals surface area contributed by atoms with Crippen LogP contribution in [0.25, 0.3) is 0 Å². The summed E-state index contributed by atoms with van der Waals surface area (Å²) in [6.45, 7) is 2.70. The minimum absolute atomic E-state index is 0.0673. The Kier molecular flexibility index (Phi) is 4.03. The average Bonchev–Trinajstić information content (AvgIpc) is 2.98. The molecule has 1 aliphatic rings. The van der Waals surface area contributed by atoms with E-state index in [2.05, 4.69) is 15.7 Å². The van der Waals surface area contributed by atoms with Crippen LogP contribution in [0.3, 0.4) is 0 Å². The van der Waals surface area contributed by atoms with Crippen molar-refractivity contribution in [2.75, 3.05) is 5.32 Å². The Morgan fingerprint density at radius 2 is 2.32 bits per heavy atom. The van der Waals surface area contributed by atoms with Gasteiger partial charge in [0.25, 0.3) is 0 Å². The van der Waals surface area contributed by atoms with Gasteiger partial charge in [0, 0.05) is 18.8 Å². The molecular weight excluding hydrogens is 248 g/mol. The Balaban J connectivity index is 1.80. The maximum Gasteiger partial charge on any atom is 0.319 e. The van der Waals surface area contributed by atoms with E-state index in [-0.39, 0.29) is 18.0 Å². The van der Waals surface area contributed by atoms with Gasteiger partial charge in [0.1, 0.15) is 0 Å². The molecule has 0 bridgehead atoms. The fourth-order valence-electron chi connectivity index (χ4n) is 2.29. The molecule has 19 heavy (non-hydrogen) atoms. The number of anilines is 1. The molecular formula is C12H18N4O3. The van der Waals surface area contributed by atoms with Crippen molar-refractivity contribution in [3.05, 3.63) is 12.4 Å². The lowest BCUT2D eigenvalue weighted by molar-refractivity contribution is -0.141. The molecule has 7 nitrogen and oxygen atoms in total. The maximum atomic E-state index is 11.7. The summed E-state index contributed by atoms with van der Waals surface area (Å²) in [6.07, 6.45) is 5.15. The van der Waals surface area contributed by atoms with Crippen LogP contribution < -0.4 is 10.6 Å². The normalized spacial score (nSPS) is 22.2. The number of rotatable bonds is 4. The fraction of sp³-hybridized carbons (Fsp3) is 0.583. The second kappa shape index (κ2) is 5.73. The van der Waals surface area contributed by atoms with Crippen molar-refractivity contribution < 1.29 is 14.7 Å². The molecule has 0 unspecified atom stereocenters. The number of nitrogens with zero attached hydrogens (tertiary/aromatic N) is 2. The Hall–Kier alpha value is -2.05. The molecule has 3 N–H and O–H groups in total. The van der Waals surface area contributed by atoms with Gasteiger partial charge in [-0.2, -0.15) is 5.10 Å². The number of carbonyl (C=O) groups excluding carboxylic acids is 1. The monoisotopic (exact) mass is 266 g/mol. The Bertz CT molecular complexity index is 471. The largest absolute Gasteiger partial charge is 0.481 e. The van der Waals surface area contributed by atoms with Gasteiger partial charge in [0.15, 0.2) is 0 Å². The second-order valence-corrected chi connectivity index (χ2v) is 4.73. The van der Waals surface area contributed by atoms with Crippen molar-refractivity contribution in [2.45, 2.75) is 38.8 Å². The number of nitrogens with one attached hydrogen (secondary N) is 2.